The standard InChI is InChI=1S/C18H23NO5S2.C12H16N2O2S.CN.Na/c1-13-5-7-15(8-6-13)26(21,22)23-11-16(14-9-10-25-12-14)19-17(20)24-18(2,3)4;1-12(2,3)16-11(15)14-10(4-6-13)9-5-7-17-8-9;1-2;/h5-10,12,16H,11H2,1-4H3,(H,19,20);5,7-8,10H,4H2,1-3H3,(H,14,15);;/q;;-1;+1. The van der Waals surface area contributed by atoms with Gasteiger partial charge in [-0.2, -0.15) is 36.4 Å². The van der Waals surface area contributed by atoms with Crippen LogP contribution >= 0.6 is 22.7 Å². The molecule has 2 atom stereocenters. The van der Waals surface area contributed by atoms with Crippen LogP contribution in [0.4, 0.5) is 9.59 Å². The van der Waals surface area contributed by atoms with E-state index in [0.29, 0.717) is 0 Å². The van der Waals surface area contributed by atoms with Crippen molar-refractivity contribution < 1.29 is 61.2 Å². The van der Waals surface area contributed by atoms with E-state index in [1.165, 1.54) is 34.8 Å². The van der Waals surface area contributed by atoms with E-state index < -0.39 is 39.5 Å². The van der Waals surface area contributed by atoms with Crippen LogP contribution < -0.4 is 40.2 Å². The first-order valence-corrected chi connectivity index (χ1v) is 16.9. The van der Waals surface area contributed by atoms with E-state index in [9.17, 15) is 18.0 Å². The summed E-state index contributed by atoms with van der Waals surface area (Å²) in [7, 11) is -3.92. The minimum Gasteiger partial charge on any atom is -0.512 e. The molecule has 0 saturated carbocycles. The molecule has 11 nitrogen and oxygen atoms in total. The Bertz CT molecular complexity index is 1490. The van der Waals surface area contributed by atoms with Crippen molar-refractivity contribution in [1.82, 2.24) is 10.6 Å². The molecule has 0 saturated heterocycles. The van der Waals surface area contributed by atoms with E-state index in [1.807, 2.05) is 34.5 Å². The second kappa shape index (κ2) is 20.3. The minimum atomic E-state index is -3.92. The van der Waals surface area contributed by atoms with Gasteiger partial charge in [0.2, 0.25) is 0 Å². The Kier molecular flexibility index (Phi) is 19.0. The number of nitrogens with one attached hydrogen (secondary N) is 2. The third-order valence-electron chi connectivity index (χ3n) is 5.27. The second-order valence-electron chi connectivity index (χ2n) is 11.4. The Hall–Kier alpha value is -2.95. The van der Waals surface area contributed by atoms with Crippen LogP contribution in [0.5, 0.6) is 0 Å². The molecule has 0 fully saturated rings. The third-order valence-corrected chi connectivity index (χ3v) is 7.97. The number of benzene rings is 1. The van der Waals surface area contributed by atoms with Crippen molar-refractivity contribution in [1.29, 1.82) is 10.5 Å². The summed E-state index contributed by atoms with van der Waals surface area (Å²) in [4.78, 5) is 23.7. The molecule has 244 valence electrons. The summed E-state index contributed by atoms with van der Waals surface area (Å²) in [6, 6.07) is 11.2. The average molecular weight is 699 g/mol. The molecule has 2 amide bonds. The van der Waals surface area contributed by atoms with E-state index in [1.54, 1.807) is 59.7 Å². The number of thiophene rings is 2. The summed E-state index contributed by atoms with van der Waals surface area (Å²) in [5.74, 6) is 0. The zero-order valence-corrected chi connectivity index (χ0v) is 31.8. The first kappa shape index (κ1) is 43.0. The van der Waals surface area contributed by atoms with Crippen molar-refractivity contribution >= 4 is 45.0 Å². The van der Waals surface area contributed by atoms with Crippen molar-refractivity contribution in [2.45, 2.75) is 83.1 Å². The Morgan fingerprint density at radius 1 is 0.848 bits per heavy atom. The number of ether oxygens (including phenoxy) is 2. The number of alkyl carbamates (subject to hydrolysis) is 2. The van der Waals surface area contributed by atoms with Crippen molar-refractivity contribution in [2.24, 2.45) is 0 Å². The number of aryl methyl sites for hydroxylation is 1. The van der Waals surface area contributed by atoms with Crippen molar-refractivity contribution in [3.8, 4) is 6.07 Å². The third kappa shape index (κ3) is 17.1. The van der Waals surface area contributed by atoms with Gasteiger partial charge in [-0.3, -0.25) is 4.18 Å². The number of nitriles is 1. The molecule has 2 aromatic heterocycles. The van der Waals surface area contributed by atoms with E-state index in [2.05, 4.69) is 16.7 Å². The summed E-state index contributed by atoms with van der Waals surface area (Å²) in [5.41, 5.74) is 1.45. The minimum absolute atomic E-state index is 0. The molecular weight excluding hydrogens is 660 g/mol. The fourth-order valence-electron chi connectivity index (χ4n) is 3.34. The quantitative estimate of drug-likeness (QED) is 0.188. The zero-order chi connectivity index (χ0) is 34.3. The predicted octanol–water partition coefficient (Wildman–Crippen LogP) is 4.36. The molecule has 0 aliphatic heterocycles. The van der Waals surface area contributed by atoms with E-state index >= 15 is 0 Å². The van der Waals surface area contributed by atoms with Gasteiger partial charge in [0.15, 0.2) is 0 Å². The topological polar surface area (TPSA) is 168 Å². The Balaban J connectivity index is 0.000000882. The number of amides is 2. The SMILES string of the molecule is CC(C)(C)OC(=O)NC(CC#N)c1ccsc1.Cc1ccc(S(=O)(=O)OCC(NC(=O)OC(C)(C)C)c2ccsc2)cc1.[C-]#N.[Na+]. The normalized spacial score (nSPS) is 12.2. The largest absolute Gasteiger partial charge is 1.00 e. The van der Waals surface area contributed by atoms with Gasteiger partial charge in [-0.05, 0) is 105 Å². The molecule has 0 aliphatic carbocycles. The zero-order valence-electron chi connectivity index (χ0n) is 27.3. The van der Waals surface area contributed by atoms with Gasteiger partial charge in [0, 0.05) is 0 Å². The summed E-state index contributed by atoms with van der Waals surface area (Å²) in [6.45, 7) is 17.1. The monoisotopic (exact) mass is 698 g/mol. The average Bonchev–Trinajstić information content (AvgIpc) is 3.66. The van der Waals surface area contributed by atoms with Crippen molar-refractivity contribution in [3.05, 3.63) is 81.2 Å². The van der Waals surface area contributed by atoms with Gasteiger partial charge in [0.25, 0.3) is 10.1 Å². The summed E-state index contributed by atoms with van der Waals surface area (Å²) in [5, 5.41) is 27.9. The first-order valence-electron chi connectivity index (χ1n) is 13.6. The van der Waals surface area contributed by atoms with Crippen LogP contribution in [0.25, 0.3) is 0 Å². The number of hydrogen-bond acceptors (Lipinski definition) is 11. The van der Waals surface area contributed by atoms with Crippen LogP contribution in [0.1, 0.15) is 76.7 Å². The Morgan fingerprint density at radius 3 is 1.67 bits per heavy atom. The van der Waals surface area contributed by atoms with Gasteiger partial charge >= 0.3 is 41.7 Å². The van der Waals surface area contributed by atoms with Gasteiger partial charge < -0.3 is 31.9 Å². The predicted molar refractivity (Wildman–Crippen MR) is 172 cm³/mol. The summed E-state index contributed by atoms with van der Waals surface area (Å²) >= 11 is 2.97. The molecule has 46 heavy (non-hydrogen) atoms. The molecule has 0 aliphatic rings. The molecular formula is C31H39N4NaO7S3. The fraction of sp³-hybridized carbons (Fsp3) is 0.419. The first-order chi connectivity index (χ1) is 21.0. The van der Waals surface area contributed by atoms with Crippen LogP contribution in [0.15, 0.2) is 62.8 Å². The van der Waals surface area contributed by atoms with Crippen LogP contribution in [-0.2, 0) is 23.8 Å². The van der Waals surface area contributed by atoms with Crippen molar-refractivity contribution in [2.75, 3.05) is 6.61 Å². The molecule has 2 N–H and O–H groups in total. The van der Waals surface area contributed by atoms with E-state index in [0.717, 1.165) is 16.7 Å². The molecule has 0 spiro atoms. The fourth-order valence-corrected chi connectivity index (χ4v) is 5.69. The maximum Gasteiger partial charge on any atom is 1.00 e. The van der Waals surface area contributed by atoms with Crippen LogP contribution in [-0.4, -0.2) is 38.4 Å². The molecule has 15 heteroatoms. The molecule has 2 unspecified atom stereocenters. The Labute approximate surface area is 302 Å². The molecule has 3 rings (SSSR count). The maximum absolute atomic E-state index is 12.4. The molecule has 0 radical (unpaired) electrons. The van der Waals surface area contributed by atoms with Crippen LogP contribution in [0, 0.1) is 30.1 Å². The van der Waals surface area contributed by atoms with Crippen molar-refractivity contribution in [3.63, 3.8) is 0 Å². The summed E-state index contributed by atoms with van der Waals surface area (Å²) < 4.78 is 40.3. The van der Waals surface area contributed by atoms with Gasteiger partial charge in [0.1, 0.15) is 11.2 Å². The second-order valence-corrected chi connectivity index (χ2v) is 14.6. The van der Waals surface area contributed by atoms with Crippen LogP contribution in [0.3, 0.4) is 0 Å². The number of nitrogens with zero attached hydrogens (tertiary/aromatic N) is 2. The Morgan fingerprint density at radius 2 is 1.28 bits per heavy atom. The van der Waals surface area contributed by atoms with Gasteiger partial charge in [-0.25, -0.2) is 9.59 Å². The molecule has 3 aromatic rings. The number of carbonyl (C=O) groups is 2. The van der Waals surface area contributed by atoms with Crippen LogP contribution in [0.2, 0.25) is 0 Å². The van der Waals surface area contributed by atoms with Gasteiger partial charge in [-0.15, -0.1) is 0 Å². The molecule has 0 bridgehead atoms. The number of hydrogen-bond donors (Lipinski definition) is 2. The number of carbonyl (C=O) groups excluding carboxylic acids is 2. The molecule has 1 aromatic carbocycles. The van der Waals surface area contributed by atoms with E-state index in [4.69, 9.17) is 30.8 Å². The van der Waals surface area contributed by atoms with Gasteiger partial charge in [0.05, 0.1) is 36.1 Å². The van der Waals surface area contributed by atoms with E-state index in [-0.39, 0.29) is 53.5 Å². The smallest absolute Gasteiger partial charge is 0.512 e. The number of rotatable bonds is 9. The van der Waals surface area contributed by atoms with Gasteiger partial charge in [-0.1, -0.05) is 17.7 Å². The molecule has 2 heterocycles. The maximum atomic E-state index is 12.4. The summed E-state index contributed by atoms with van der Waals surface area (Å²) in [6.07, 6.45) is -0.898.